The van der Waals surface area contributed by atoms with E-state index in [1.165, 1.54) is 0 Å². The molecule has 2 rings (SSSR count). The van der Waals surface area contributed by atoms with Gasteiger partial charge in [-0.2, -0.15) is 13.2 Å². The van der Waals surface area contributed by atoms with E-state index in [1.54, 1.807) is 30.3 Å². The minimum atomic E-state index is -4.48. The highest BCUT2D eigenvalue weighted by molar-refractivity contribution is 5.90. The first kappa shape index (κ1) is 14.4. The SMILES string of the molecule is O=C1CCN(CC(F)(F)F)C(=O)C(c2ccccc2)N1. The minimum absolute atomic E-state index is 0.134. The molecule has 2 amide bonds. The van der Waals surface area contributed by atoms with Crippen LogP contribution in [0.3, 0.4) is 0 Å². The van der Waals surface area contributed by atoms with E-state index in [1.807, 2.05) is 0 Å². The Bertz CT molecular complexity index is 502. The van der Waals surface area contributed by atoms with Crippen LogP contribution in [0.4, 0.5) is 13.2 Å². The third-order valence-electron chi connectivity index (χ3n) is 2.98. The van der Waals surface area contributed by atoms with Gasteiger partial charge in [0, 0.05) is 13.0 Å². The van der Waals surface area contributed by atoms with Crippen molar-refractivity contribution in [2.75, 3.05) is 13.1 Å². The quantitative estimate of drug-likeness (QED) is 0.898. The predicted molar refractivity (Wildman–Crippen MR) is 64.6 cm³/mol. The van der Waals surface area contributed by atoms with Crippen molar-refractivity contribution in [1.29, 1.82) is 0 Å². The van der Waals surface area contributed by atoms with Crippen LogP contribution in [0.25, 0.3) is 0 Å². The molecule has 0 aromatic heterocycles. The van der Waals surface area contributed by atoms with E-state index in [0.717, 1.165) is 0 Å². The van der Waals surface area contributed by atoms with E-state index in [0.29, 0.717) is 10.5 Å². The zero-order valence-corrected chi connectivity index (χ0v) is 10.5. The lowest BCUT2D eigenvalue weighted by Gasteiger charge is -2.25. The summed E-state index contributed by atoms with van der Waals surface area (Å²) in [6.45, 7) is -1.57. The van der Waals surface area contributed by atoms with Gasteiger partial charge in [-0.05, 0) is 5.56 Å². The lowest BCUT2D eigenvalue weighted by molar-refractivity contribution is -0.161. The summed E-state index contributed by atoms with van der Waals surface area (Å²) < 4.78 is 37.4. The Morgan fingerprint density at radius 1 is 1.20 bits per heavy atom. The number of amides is 2. The monoisotopic (exact) mass is 286 g/mol. The maximum Gasteiger partial charge on any atom is 0.406 e. The Hall–Kier alpha value is -2.05. The van der Waals surface area contributed by atoms with Crippen molar-refractivity contribution in [1.82, 2.24) is 10.2 Å². The number of nitrogens with one attached hydrogen (secondary N) is 1. The molecular formula is C13H13F3N2O2. The molecule has 4 nitrogen and oxygen atoms in total. The Morgan fingerprint density at radius 2 is 1.85 bits per heavy atom. The van der Waals surface area contributed by atoms with E-state index in [4.69, 9.17) is 0 Å². The van der Waals surface area contributed by atoms with Crippen LogP contribution >= 0.6 is 0 Å². The fourth-order valence-corrected chi connectivity index (χ4v) is 2.07. The fourth-order valence-electron chi connectivity index (χ4n) is 2.07. The fraction of sp³-hybridized carbons (Fsp3) is 0.385. The first-order valence-electron chi connectivity index (χ1n) is 6.07. The Kier molecular flexibility index (Phi) is 3.96. The van der Waals surface area contributed by atoms with Gasteiger partial charge in [-0.1, -0.05) is 30.3 Å². The molecule has 1 fully saturated rings. The highest BCUT2D eigenvalue weighted by Gasteiger charge is 2.38. The maximum absolute atomic E-state index is 12.5. The molecule has 0 saturated carbocycles. The van der Waals surface area contributed by atoms with Gasteiger partial charge >= 0.3 is 6.18 Å². The zero-order valence-electron chi connectivity index (χ0n) is 10.5. The number of halogens is 3. The van der Waals surface area contributed by atoms with Crippen LogP contribution in [-0.2, 0) is 9.59 Å². The van der Waals surface area contributed by atoms with E-state index in [9.17, 15) is 22.8 Å². The van der Waals surface area contributed by atoms with Gasteiger partial charge in [-0.15, -0.1) is 0 Å². The van der Waals surface area contributed by atoms with Gasteiger partial charge < -0.3 is 10.2 Å². The molecule has 1 saturated heterocycles. The largest absolute Gasteiger partial charge is 0.406 e. The molecular weight excluding hydrogens is 273 g/mol. The summed E-state index contributed by atoms with van der Waals surface area (Å²) >= 11 is 0. The second kappa shape index (κ2) is 5.52. The third kappa shape index (κ3) is 3.49. The maximum atomic E-state index is 12.5. The molecule has 1 aromatic carbocycles. The Labute approximate surface area is 113 Å². The summed E-state index contributed by atoms with van der Waals surface area (Å²) in [6.07, 6.45) is -4.62. The van der Waals surface area contributed by atoms with Gasteiger partial charge in [0.2, 0.25) is 11.8 Å². The van der Waals surface area contributed by atoms with E-state index in [2.05, 4.69) is 5.32 Å². The van der Waals surface area contributed by atoms with Crippen LogP contribution in [0, 0.1) is 0 Å². The molecule has 7 heteroatoms. The second-order valence-corrected chi connectivity index (χ2v) is 4.54. The zero-order chi connectivity index (χ0) is 14.8. The number of benzene rings is 1. The molecule has 1 N–H and O–H groups in total. The number of carbonyl (C=O) groups excluding carboxylic acids is 2. The minimum Gasteiger partial charge on any atom is -0.340 e. The number of hydrogen-bond donors (Lipinski definition) is 1. The number of carbonyl (C=O) groups is 2. The lowest BCUT2D eigenvalue weighted by Crippen LogP contribution is -2.42. The molecule has 108 valence electrons. The predicted octanol–water partition coefficient (Wildman–Crippen LogP) is 1.64. The highest BCUT2D eigenvalue weighted by atomic mass is 19.4. The molecule has 1 aliphatic rings. The summed E-state index contributed by atoms with van der Waals surface area (Å²) in [7, 11) is 0. The first-order valence-corrected chi connectivity index (χ1v) is 6.07. The molecule has 20 heavy (non-hydrogen) atoms. The Balaban J connectivity index is 2.26. The van der Waals surface area contributed by atoms with E-state index < -0.39 is 30.6 Å². The third-order valence-corrected chi connectivity index (χ3v) is 2.98. The van der Waals surface area contributed by atoms with Crippen LogP contribution in [0.2, 0.25) is 0 Å². The molecule has 1 unspecified atom stereocenters. The van der Waals surface area contributed by atoms with Crippen molar-refractivity contribution in [2.45, 2.75) is 18.6 Å². The van der Waals surface area contributed by atoms with Crippen molar-refractivity contribution in [2.24, 2.45) is 0 Å². The van der Waals surface area contributed by atoms with Crippen molar-refractivity contribution >= 4 is 11.8 Å². The van der Waals surface area contributed by atoms with E-state index in [-0.39, 0.29) is 13.0 Å². The second-order valence-electron chi connectivity index (χ2n) is 4.54. The molecule has 0 spiro atoms. The first-order chi connectivity index (χ1) is 9.37. The summed E-state index contributed by atoms with van der Waals surface area (Å²) in [5, 5.41) is 2.46. The summed E-state index contributed by atoms with van der Waals surface area (Å²) in [6, 6.07) is 7.18. The van der Waals surface area contributed by atoms with Crippen molar-refractivity contribution in [3.63, 3.8) is 0 Å². The van der Waals surface area contributed by atoms with Crippen LogP contribution in [0.1, 0.15) is 18.0 Å². The average molecular weight is 286 g/mol. The van der Waals surface area contributed by atoms with Crippen LogP contribution < -0.4 is 5.32 Å². The molecule has 1 atom stereocenters. The lowest BCUT2D eigenvalue weighted by atomic mass is 10.1. The molecule has 1 aliphatic heterocycles. The summed E-state index contributed by atoms with van der Waals surface area (Å²) in [5.74, 6) is -1.17. The van der Waals surface area contributed by atoms with Crippen molar-refractivity contribution in [3.8, 4) is 0 Å². The summed E-state index contributed by atoms with van der Waals surface area (Å²) in [5.41, 5.74) is 0.472. The molecule has 0 radical (unpaired) electrons. The van der Waals surface area contributed by atoms with Gasteiger partial charge in [0.1, 0.15) is 12.6 Å². The molecule has 0 aliphatic carbocycles. The standard InChI is InChI=1S/C13H13F3N2O2/c14-13(15,16)8-18-7-6-10(19)17-11(12(18)20)9-4-2-1-3-5-9/h1-5,11H,6-8H2,(H,17,19). The Morgan fingerprint density at radius 3 is 2.45 bits per heavy atom. The van der Waals surface area contributed by atoms with Crippen molar-refractivity contribution < 1.29 is 22.8 Å². The van der Waals surface area contributed by atoms with Crippen LogP contribution in [-0.4, -0.2) is 36.0 Å². The molecule has 1 heterocycles. The summed E-state index contributed by atoms with van der Waals surface area (Å²) in [4.78, 5) is 24.4. The highest BCUT2D eigenvalue weighted by Crippen LogP contribution is 2.23. The number of nitrogens with zero attached hydrogens (tertiary/aromatic N) is 1. The number of rotatable bonds is 2. The number of alkyl halides is 3. The van der Waals surface area contributed by atoms with Gasteiger partial charge in [0.25, 0.3) is 0 Å². The molecule has 0 bridgehead atoms. The normalized spacial score (nSPS) is 20.6. The smallest absolute Gasteiger partial charge is 0.340 e. The van der Waals surface area contributed by atoms with Crippen LogP contribution in [0.5, 0.6) is 0 Å². The average Bonchev–Trinajstić information content (AvgIpc) is 2.51. The van der Waals surface area contributed by atoms with Crippen molar-refractivity contribution in [3.05, 3.63) is 35.9 Å². The molecule has 1 aromatic rings. The van der Waals surface area contributed by atoms with Gasteiger partial charge in [0.05, 0.1) is 0 Å². The number of hydrogen-bond acceptors (Lipinski definition) is 2. The van der Waals surface area contributed by atoms with Crippen LogP contribution in [0.15, 0.2) is 30.3 Å². The van der Waals surface area contributed by atoms with Gasteiger partial charge in [-0.3, -0.25) is 9.59 Å². The van der Waals surface area contributed by atoms with Gasteiger partial charge in [0.15, 0.2) is 0 Å². The van der Waals surface area contributed by atoms with Gasteiger partial charge in [-0.25, -0.2) is 0 Å². The topological polar surface area (TPSA) is 49.4 Å². The van der Waals surface area contributed by atoms with E-state index >= 15 is 0 Å².